The van der Waals surface area contributed by atoms with Crippen molar-refractivity contribution in [3.05, 3.63) is 22.8 Å². The van der Waals surface area contributed by atoms with Crippen LogP contribution in [0.15, 0.2) is 0 Å². The third-order valence-electron chi connectivity index (χ3n) is 3.49. The Morgan fingerprint density at radius 3 is 2.75 bits per heavy atom. The fourth-order valence-corrected chi connectivity index (χ4v) is 1.97. The molecule has 1 atom stereocenters. The fraction of sp³-hybridized carbons (Fsp3) is 0.667. The molecular formula is C12H19N3O. The number of hydrogen-bond acceptors (Lipinski definition) is 4. The van der Waals surface area contributed by atoms with Gasteiger partial charge >= 0.3 is 0 Å². The summed E-state index contributed by atoms with van der Waals surface area (Å²) >= 11 is 0. The Hall–Kier alpha value is -1.00. The summed E-state index contributed by atoms with van der Waals surface area (Å²) in [7, 11) is 1.72. The van der Waals surface area contributed by atoms with Crippen LogP contribution in [0, 0.1) is 6.92 Å². The zero-order valence-electron chi connectivity index (χ0n) is 10.4. The lowest BCUT2D eigenvalue weighted by Gasteiger charge is -2.25. The summed E-state index contributed by atoms with van der Waals surface area (Å²) < 4.78 is 5.54. The number of nitrogens with one attached hydrogen (secondary N) is 1. The van der Waals surface area contributed by atoms with Crippen molar-refractivity contribution >= 4 is 0 Å². The van der Waals surface area contributed by atoms with E-state index in [1.54, 1.807) is 7.11 Å². The third-order valence-corrected chi connectivity index (χ3v) is 3.49. The smallest absolute Gasteiger partial charge is 0.160 e. The molecule has 1 aromatic rings. The summed E-state index contributed by atoms with van der Waals surface area (Å²) in [4.78, 5) is 9.21. The monoisotopic (exact) mass is 221 g/mol. The summed E-state index contributed by atoms with van der Waals surface area (Å²) in [5.74, 6) is 0.803. The summed E-state index contributed by atoms with van der Waals surface area (Å²) in [5, 5.41) is 3.30. The van der Waals surface area contributed by atoms with Crippen LogP contribution in [-0.2, 0) is 23.4 Å². The van der Waals surface area contributed by atoms with Crippen LogP contribution in [0.25, 0.3) is 0 Å². The van der Waals surface area contributed by atoms with E-state index in [0.29, 0.717) is 0 Å². The van der Waals surface area contributed by atoms with E-state index in [1.165, 1.54) is 5.56 Å². The van der Waals surface area contributed by atoms with Crippen molar-refractivity contribution in [2.75, 3.05) is 7.11 Å². The number of ether oxygens (including phenoxy) is 1. The quantitative estimate of drug-likeness (QED) is 0.843. The predicted octanol–water partition coefficient (Wildman–Crippen LogP) is 1.66. The van der Waals surface area contributed by atoms with E-state index in [2.05, 4.69) is 22.2 Å². The number of rotatable bonds is 3. The first-order valence-electron chi connectivity index (χ1n) is 5.73. The van der Waals surface area contributed by atoms with Crippen LogP contribution in [0.4, 0.5) is 0 Å². The highest BCUT2D eigenvalue weighted by atomic mass is 16.5. The first kappa shape index (κ1) is 11.5. The van der Waals surface area contributed by atoms with E-state index < -0.39 is 0 Å². The van der Waals surface area contributed by atoms with Gasteiger partial charge in [-0.3, -0.25) is 0 Å². The Kier molecular flexibility index (Phi) is 2.95. The highest BCUT2D eigenvalue weighted by molar-refractivity contribution is 5.29. The molecule has 0 amide bonds. The molecule has 2 rings (SSSR count). The molecule has 0 spiro atoms. The number of fused-ring (bicyclic) bond motifs is 1. The van der Waals surface area contributed by atoms with E-state index in [1.807, 2.05) is 13.8 Å². The van der Waals surface area contributed by atoms with Gasteiger partial charge in [0.05, 0.1) is 5.69 Å². The van der Waals surface area contributed by atoms with Gasteiger partial charge in [-0.25, -0.2) is 9.97 Å². The molecule has 1 aromatic heterocycles. The molecule has 0 aromatic carbocycles. The molecule has 1 N–H and O–H groups in total. The lowest BCUT2D eigenvalue weighted by molar-refractivity contribution is -0.00928. The zero-order chi connectivity index (χ0) is 11.8. The first-order chi connectivity index (χ1) is 7.60. The SMILES string of the molecule is CCC(C)(OC)c1nc(C)c2c(n1)CNC2. The van der Waals surface area contributed by atoms with Gasteiger partial charge in [-0.2, -0.15) is 0 Å². The molecule has 0 fully saturated rings. The Balaban J connectivity index is 2.47. The molecule has 0 radical (unpaired) electrons. The van der Waals surface area contributed by atoms with Crippen LogP contribution in [0.2, 0.25) is 0 Å². The van der Waals surface area contributed by atoms with Crippen LogP contribution < -0.4 is 5.32 Å². The Morgan fingerprint density at radius 2 is 2.12 bits per heavy atom. The Bertz CT molecular complexity index is 399. The van der Waals surface area contributed by atoms with Crippen LogP contribution in [0.3, 0.4) is 0 Å². The van der Waals surface area contributed by atoms with E-state index in [4.69, 9.17) is 4.74 Å². The van der Waals surface area contributed by atoms with Gasteiger partial charge in [0, 0.05) is 31.5 Å². The van der Waals surface area contributed by atoms with Crippen molar-refractivity contribution in [2.45, 2.75) is 45.9 Å². The van der Waals surface area contributed by atoms with Crippen molar-refractivity contribution in [2.24, 2.45) is 0 Å². The molecule has 16 heavy (non-hydrogen) atoms. The molecule has 2 heterocycles. The average Bonchev–Trinajstić information content (AvgIpc) is 2.76. The minimum absolute atomic E-state index is 0.373. The number of methoxy groups -OCH3 is 1. The minimum atomic E-state index is -0.373. The van der Waals surface area contributed by atoms with Gasteiger partial charge in [-0.1, -0.05) is 6.92 Å². The summed E-state index contributed by atoms with van der Waals surface area (Å²) in [5.41, 5.74) is 3.07. The van der Waals surface area contributed by atoms with Crippen molar-refractivity contribution in [1.82, 2.24) is 15.3 Å². The van der Waals surface area contributed by atoms with Crippen LogP contribution in [0.5, 0.6) is 0 Å². The fourth-order valence-electron chi connectivity index (χ4n) is 1.97. The average molecular weight is 221 g/mol. The lowest BCUT2D eigenvalue weighted by Crippen LogP contribution is -2.27. The molecule has 1 aliphatic heterocycles. The summed E-state index contributed by atoms with van der Waals surface area (Å²) in [6.45, 7) is 7.90. The lowest BCUT2D eigenvalue weighted by atomic mass is 10.0. The van der Waals surface area contributed by atoms with E-state index in [9.17, 15) is 0 Å². The molecule has 1 unspecified atom stereocenters. The van der Waals surface area contributed by atoms with Gasteiger partial charge in [0.25, 0.3) is 0 Å². The van der Waals surface area contributed by atoms with Crippen LogP contribution in [0.1, 0.15) is 43.0 Å². The van der Waals surface area contributed by atoms with Gasteiger partial charge in [0.1, 0.15) is 5.60 Å². The largest absolute Gasteiger partial charge is 0.371 e. The first-order valence-corrected chi connectivity index (χ1v) is 5.73. The molecule has 0 saturated heterocycles. The van der Waals surface area contributed by atoms with E-state index in [0.717, 1.165) is 36.7 Å². The van der Waals surface area contributed by atoms with Crippen molar-refractivity contribution < 1.29 is 4.74 Å². The van der Waals surface area contributed by atoms with E-state index >= 15 is 0 Å². The highest BCUT2D eigenvalue weighted by Gasteiger charge is 2.29. The van der Waals surface area contributed by atoms with Crippen molar-refractivity contribution in [3.8, 4) is 0 Å². The second-order valence-corrected chi connectivity index (χ2v) is 4.45. The standard InChI is InChI=1S/C12H19N3O/c1-5-12(3,16-4)11-14-8(2)9-6-13-7-10(9)15-11/h13H,5-7H2,1-4H3. The van der Waals surface area contributed by atoms with Gasteiger partial charge in [0.15, 0.2) is 5.82 Å². The number of nitrogens with zero attached hydrogens (tertiary/aromatic N) is 2. The molecule has 88 valence electrons. The van der Waals surface area contributed by atoms with Crippen molar-refractivity contribution in [1.29, 1.82) is 0 Å². The van der Waals surface area contributed by atoms with Gasteiger partial charge < -0.3 is 10.1 Å². The summed E-state index contributed by atoms with van der Waals surface area (Å²) in [6, 6.07) is 0. The normalized spacial score (nSPS) is 18.2. The zero-order valence-corrected chi connectivity index (χ0v) is 10.4. The number of aromatic nitrogens is 2. The molecular weight excluding hydrogens is 202 g/mol. The predicted molar refractivity (Wildman–Crippen MR) is 62.0 cm³/mol. The molecule has 1 aliphatic rings. The third kappa shape index (κ3) is 1.72. The maximum atomic E-state index is 5.54. The molecule has 0 saturated carbocycles. The second-order valence-electron chi connectivity index (χ2n) is 4.45. The topological polar surface area (TPSA) is 47.0 Å². The van der Waals surface area contributed by atoms with Crippen molar-refractivity contribution in [3.63, 3.8) is 0 Å². The maximum absolute atomic E-state index is 5.54. The molecule has 0 aliphatic carbocycles. The van der Waals surface area contributed by atoms with Gasteiger partial charge in [-0.05, 0) is 20.3 Å². The second kappa shape index (κ2) is 4.11. The molecule has 4 heteroatoms. The Morgan fingerprint density at radius 1 is 1.38 bits per heavy atom. The minimum Gasteiger partial charge on any atom is -0.371 e. The van der Waals surface area contributed by atoms with Gasteiger partial charge in [-0.15, -0.1) is 0 Å². The molecule has 4 nitrogen and oxygen atoms in total. The number of hydrogen-bond donors (Lipinski definition) is 1. The summed E-state index contributed by atoms with van der Waals surface area (Å²) in [6.07, 6.45) is 0.870. The maximum Gasteiger partial charge on any atom is 0.160 e. The van der Waals surface area contributed by atoms with Crippen LogP contribution in [-0.4, -0.2) is 17.1 Å². The Labute approximate surface area is 96.4 Å². The van der Waals surface area contributed by atoms with Crippen LogP contribution >= 0.6 is 0 Å². The highest BCUT2D eigenvalue weighted by Crippen LogP contribution is 2.27. The van der Waals surface area contributed by atoms with Gasteiger partial charge in [0.2, 0.25) is 0 Å². The van der Waals surface area contributed by atoms with E-state index in [-0.39, 0.29) is 5.60 Å². The molecule has 0 bridgehead atoms. The number of aryl methyl sites for hydroxylation is 1.